The minimum atomic E-state index is -0.258. The van der Waals surface area contributed by atoms with Gasteiger partial charge >= 0.3 is 0 Å². The number of carbonyl (C=O) groups is 1. The third kappa shape index (κ3) is 3.78. The van der Waals surface area contributed by atoms with Crippen molar-refractivity contribution in [3.8, 4) is 23.3 Å². The summed E-state index contributed by atoms with van der Waals surface area (Å²) in [7, 11) is 3.58. The Morgan fingerprint density at radius 3 is 2.86 bits per heavy atom. The predicted octanol–water partition coefficient (Wildman–Crippen LogP) is 3.32. The van der Waals surface area contributed by atoms with Gasteiger partial charge in [0.25, 0.3) is 5.91 Å². The Labute approximate surface area is 209 Å². The maximum atomic E-state index is 13.4. The maximum Gasteiger partial charge on any atom is 0.254 e. The van der Waals surface area contributed by atoms with E-state index in [0.29, 0.717) is 42.3 Å². The van der Waals surface area contributed by atoms with Crippen molar-refractivity contribution in [2.45, 2.75) is 31.8 Å². The first-order chi connectivity index (χ1) is 17.5. The van der Waals surface area contributed by atoms with Crippen LogP contribution < -0.4 is 10.5 Å². The quantitative estimate of drug-likeness (QED) is 0.466. The number of benzene rings is 1. The van der Waals surface area contributed by atoms with Crippen molar-refractivity contribution >= 4 is 28.0 Å². The molecule has 36 heavy (non-hydrogen) atoms. The van der Waals surface area contributed by atoms with E-state index in [1.165, 1.54) is 12.8 Å². The summed E-state index contributed by atoms with van der Waals surface area (Å²) in [6.45, 7) is 1.72. The summed E-state index contributed by atoms with van der Waals surface area (Å²) in [6, 6.07) is 11.8. The third-order valence-electron chi connectivity index (χ3n) is 7.38. The van der Waals surface area contributed by atoms with Gasteiger partial charge in [-0.2, -0.15) is 5.26 Å². The first-order valence-corrected chi connectivity index (χ1v) is 12.4. The number of nitriles is 1. The van der Waals surface area contributed by atoms with Gasteiger partial charge in [0.05, 0.1) is 30.3 Å². The number of aromatic nitrogens is 4. The molecule has 9 nitrogen and oxygen atoms in total. The van der Waals surface area contributed by atoms with Crippen LogP contribution >= 0.6 is 0 Å². The van der Waals surface area contributed by atoms with Crippen LogP contribution in [-0.2, 0) is 13.6 Å². The van der Waals surface area contributed by atoms with E-state index >= 15 is 0 Å². The van der Waals surface area contributed by atoms with E-state index in [-0.39, 0.29) is 17.9 Å². The highest BCUT2D eigenvalue weighted by Gasteiger charge is 2.30. The van der Waals surface area contributed by atoms with Gasteiger partial charge in [-0.1, -0.05) is 0 Å². The first kappa shape index (κ1) is 22.6. The lowest BCUT2D eigenvalue weighted by molar-refractivity contribution is 0.0679. The van der Waals surface area contributed by atoms with E-state index in [0.717, 1.165) is 34.6 Å². The number of ether oxygens (including phenoxy) is 1. The van der Waals surface area contributed by atoms with Crippen molar-refractivity contribution in [3.05, 3.63) is 42.1 Å². The Hall–Kier alpha value is -3.90. The van der Waals surface area contributed by atoms with Crippen molar-refractivity contribution < 1.29 is 9.53 Å². The first-order valence-electron chi connectivity index (χ1n) is 12.4. The fourth-order valence-electron chi connectivity index (χ4n) is 5.41. The van der Waals surface area contributed by atoms with Crippen LogP contribution in [0, 0.1) is 23.2 Å². The van der Waals surface area contributed by atoms with E-state index in [1.807, 2.05) is 29.9 Å². The van der Waals surface area contributed by atoms with Gasteiger partial charge in [0.1, 0.15) is 16.9 Å². The van der Waals surface area contributed by atoms with Gasteiger partial charge in [0, 0.05) is 49.9 Å². The van der Waals surface area contributed by atoms with E-state index < -0.39 is 0 Å². The van der Waals surface area contributed by atoms with E-state index in [2.05, 4.69) is 27.8 Å². The van der Waals surface area contributed by atoms with E-state index in [1.54, 1.807) is 18.1 Å². The van der Waals surface area contributed by atoms with Gasteiger partial charge in [-0.05, 0) is 55.5 Å². The number of imidazole rings is 1. The molecule has 1 saturated heterocycles. The zero-order chi connectivity index (χ0) is 25.0. The smallest absolute Gasteiger partial charge is 0.254 e. The summed E-state index contributed by atoms with van der Waals surface area (Å²) in [5.74, 6) is 1.63. The largest absolute Gasteiger partial charge is 0.494 e. The topological polar surface area (TPSA) is 115 Å². The highest BCUT2D eigenvalue weighted by molar-refractivity contribution is 6.00. The molecule has 2 atom stereocenters. The molecule has 2 fully saturated rings. The average Bonchev–Trinajstić information content (AvgIpc) is 3.56. The number of rotatable bonds is 5. The molecular formula is C27H29N7O2. The van der Waals surface area contributed by atoms with Crippen molar-refractivity contribution in [2.75, 3.05) is 20.2 Å². The van der Waals surface area contributed by atoms with Crippen LogP contribution in [0.2, 0.25) is 0 Å². The fraction of sp³-hybridized carbons (Fsp3) is 0.407. The lowest BCUT2D eigenvalue weighted by Crippen LogP contribution is -2.49. The number of methoxy groups -OCH3 is 1. The Balaban J connectivity index is 1.45. The number of fused-ring (bicyclic) bond motifs is 2. The molecule has 4 aromatic rings. The molecule has 0 bridgehead atoms. The van der Waals surface area contributed by atoms with E-state index in [4.69, 9.17) is 15.5 Å². The van der Waals surface area contributed by atoms with Gasteiger partial charge in [-0.25, -0.2) is 9.97 Å². The number of carbonyl (C=O) groups excluding carboxylic acids is 1. The highest BCUT2D eigenvalue weighted by Crippen LogP contribution is 2.37. The summed E-state index contributed by atoms with van der Waals surface area (Å²) in [5, 5.41) is 10.5. The lowest BCUT2D eigenvalue weighted by atomic mass is 9.95. The number of aryl methyl sites for hydroxylation is 1. The number of nitrogens with two attached hydrogens (primary N) is 1. The van der Waals surface area contributed by atoms with Crippen LogP contribution in [0.5, 0.6) is 5.75 Å². The molecule has 0 spiro atoms. The van der Waals surface area contributed by atoms with Crippen LogP contribution in [0.4, 0.5) is 0 Å². The van der Waals surface area contributed by atoms with Crippen LogP contribution in [0.25, 0.3) is 33.6 Å². The van der Waals surface area contributed by atoms with Crippen LogP contribution in [0.1, 0.15) is 29.6 Å². The Morgan fingerprint density at radius 1 is 1.28 bits per heavy atom. The van der Waals surface area contributed by atoms with Crippen LogP contribution in [0.3, 0.4) is 0 Å². The molecule has 1 aliphatic heterocycles. The van der Waals surface area contributed by atoms with Gasteiger partial charge in [-0.15, -0.1) is 0 Å². The second-order valence-electron chi connectivity index (χ2n) is 10.1. The van der Waals surface area contributed by atoms with Gasteiger partial charge < -0.3 is 24.5 Å². The second-order valence-corrected chi connectivity index (χ2v) is 10.1. The number of piperidine rings is 1. The number of likely N-dealkylation sites (tertiary alicyclic amines) is 1. The van der Waals surface area contributed by atoms with Crippen LogP contribution in [-0.4, -0.2) is 56.2 Å². The number of nitrogens with zero attached hydrogens (tertiary/aromatic N) is 6. The highest BCUT2D eigenvalue weighted by atomic mass is 16.5. The van der Waals surface area contributed by atoms with Crippen LogP contribution in [0.15, 0.2) is 36.5 Å². The van der Waals surface area contributed by atoms with Gasteiger partial charge in [-0.3, -0.25) is 4.79 Å². The standard InChI is InChI=1S/C27H29N7O2/c1-32-24-21(9-19(11-23(24)36-2)27(35)33-13-17(12-28)8-20(29)15-33)31-26(32)22-10-18-4-3-7-30-25(18)34(22)14-16-5-6-16/h3-4,7,9-11,16-17,20H,5-6,8,13-15,29H2,1-2H3. The second kappa shape index (κ2) is 8.64. The van der Waals surface area contributed by atoms with E-state index in [9.17, 15) is 10.1 Å². The molecule has 1 aliphatic carbocycles. The molecule has 0 radical (unpaired) electrons. The van der Waals surface area contributed by atoms with Gasteiger partial charge in [0.15, 0.2) is 5.82 Å². The van der Waals surface area contributed by atoms with Crippen molar-refractivity contribution in [3.63, 3.8) is 0 Å². The van der Waals surface area contributed by atoms with Crippen molar-refractivity contribution in [1.82, 2.24) is 24.0 Å². The molecule has 1 saturated carbocycles. The Kier molecular flexibility index (Phi) is 5.41. The summed E-state index contributed by atoms with van der Waals surface area (Å²) in [5.41, 5.74) is 10.1. The Bertz CT molecular complexity index is 1520. The monoisotopic (exact) mass is 483 g/mol. The molecule has 184 valence electrons. The Morgan fingerprint density at radius 2 is 2.11 bits per heavy atom. The molecule has 3 aromatic heterocycles. The predicted molar refractivity (Wildman–Crippen MR) is 136 cm³/mol. The maximum absolute atomic E-state index is 13.4. The molecular weight excluding hydrogens is 454 g/mol. The molecule has 2 unspecified atom stereocenters. The van der Waals surface area contributed by atoms with Crippen molar-refractivity contribution in [2.24, 2.45) is 24.6 Å². The fourth-order valence-corrected chi connectivity index (χ4v) is 5.41. The number of hydrogen-bond donors (Lipinski definition) is 1. The normalized spacial score (nSPS) is 20.1. The third-order valence-corrected chi connectivity index (χ3v) is 7.38. The zero-order valence-electron chi connectivity index (χ0n) is 20.5. The lowest BCUT2D eigenvalue weighted by Gasteiger charge is -2.33. The summed E-state index contributed by atoms with van der Waals surface area (Å²) in [6.07, 6.45) is 4.91. The summed E-state index contributed by atoms with van der Waals surface area (Å²) in [4.78, 5) is 24.8. The number of pyridine rings is 1. The molecule has 6 rings (SSSR count). The summed E-state index contributed by atoms with van der Waals surface area (Å²) >= 11 is 0. The molecule has 1 aromatic carbocycles. The number of hydrogen-bond acceptors (Lipinski definition) is 6. The molecule has 2 N–H and O–H groups in total. The van der Waals surface area contributed by atoms with Crippen molar-refractivity contribution in [1.29, 1.82) is 5.26 Å². The molecule has 1 amide bonds. The van der Waals surface area contributed by atoms with Gasteiger partial charge in [0.2, 0.25) is 0 Å². The molecule has 4 heterocycles. The minimum Gasteiger partial charge on any atom is -0.494 e. The minimum absolute atomic E-state index is 0.162. The zero-order valence-corrected chi connectivity index (χ0v) is 20.5. The average molecular weight is 484 g/mol. The molecule has 2 aliphatic rings. The SMILES string of the molecule is COc1cc(C(=O)N2CC(N)CC(C#N)C2)cc2nc(-c3cc4cccnc4n3CC3CC3)n(C)c12. The molecule has 9 heteroatoms. The number of amides is 1. The summed E-state index contributed by atoms with van der Waals surface area (Å²) < 4.78 is 10.0.